The average molecular weight is 262 g/mol. The molecule has 6 nitrogen and oxygen atoms in total. The smallest absolute Gasteiger partial charge is 0.262 e. The SMILES string of the molecule is CC1(C(=O)Nc2ccc3c(c2)NC(=O)CO3)COC1. The van der Waals surface area contributed by atoms with Crippen molar-refractivity contribution in [1.82, 2.24) is 0 Å². The zero-order chi connectivity index (χ0) is 13.5. The summed E-state index contributed by atoms with van der Waals surface area (Å²) in [6.07, 6.45) is 0. The van der Waals surface area contributed by atoms with Gasteiger partial charge in [-0.15, -0.1) is 0 Å². The summed E-state index contributed by atoms with van der Waals surface area (Å²) in [4.78, 5) is 23.3. The van der Waals surface area contributed by atoms with E-state index < -0.39 is 5.41 Å². The van der Waals surface area contributed by atoms with Gasteiger partial charge in [0.25, 0.3) is 5.91 Å². The van der Waals surface area contributed by atoms with Crippen molar-refractivity contribution in [3.8, 4) is 5.75 Å². The third-order valence-corrected chi connectivity index (χ3v) is 3.26. The Hall–Kier alpha value is -2.08. The number of anilines is 2. The van der Waals surface area contributed by atoms with Gasteiger partial charge in [-0.05, 0) is 25.1 Å². The molecule has 0 atom stereocenters. The fraction of sp³-hybridized carbons (Fsp3) is 0.385. The molecule has 1 aromatic rings. The van der Waals surface area contributed by atoms with Gasteiger partial charge < -0.3 is 20.1 Å². The Bertz CT molecular complexity index is 552. The second-order valence-electron chi connectivity index (χ2n) is 5.06. The Morgan fingerprint density at radius 2 is 2.21 bits per heavy atom. The van der Waals surface area contributed by atoms with Crippen LogP contribution in [0.4, 0.5) is 11.4 Å². The van der Waals surface area contributed by atoms with Gasteiger partial charge in [-0.2, -0.15) is 0 Å². The molecule has 0 aromatic heterocycles. The molecule has 0 spiro atoms. The third kappa shape index (κ3) is 2.15. The van der Waals surface area contributed by atoms with Gasteiger partial charge in [0, 0.05) is 5.69 Å². The van der Waals surface area contributed by atoms with Crippen LogP contribution in [0.5, 0.6) is 5.75 Å². The molecule has 1 aromatic carbocycles. The molecular weight excluding hydrogens is 248 g/mol. The van der Waals surface area contributed by atoms with Crippen LogP contribution in [0.1, 0.15) is 6.92 Å². The van der Waals surface area contributed by atoms with E-state index in [2.05, 4.69) is 10.6 Å². The average Bonchev–Trinajstić information content (AvgIpc) is 2.35. The first-order chi connectivity index (χ1) is 9.07. The van der Waals surface area contributed by atoms with Gasteiger partial charge in [-0.1, -0.05) is 0 Å². The maximum absolute atomic E-state index is 12.0. The Morgan fingerprint density at radius 1 is 1.42 bits per heavy atom. The number of carbonyl (C=O) groups is 2. The molecule has 19 heavy (non-hydrogen) atoms. The number of benzene rings is 1. The Labute approximate surface area is 110 Å². The summed E-state index contributed by atoms with van der Waals surface area (Å²) < 4.78 is 10.3. The predicted molar refractivity (Wildman–Crippen MR) is 68.1 cm³/mol. The molecule has 1 saturated heterocycles. The molecule has 0 aliphatic carbocycles. The van der Waals surface area contributed by atoms with Gasteiger partial charge in [-0.3, -0.25) is 9.59 Å². The molecule has 0 saturated carbocycles. The van der Waals surface area contributed by atoms with Crippen LogP contribution in [-0.4, -0.2) is 31.6 Å². The highest BCUT2D eigenvalue weighted by Gasteiger charge is 2.41. The van der Waals surface area contributed by atoms with E-state index in [-0.39, 0.29) is 18.4 Å². The highest BCUT2D eigenvalue weighted by Crippen LogP contribution is 2.32. The van der Waals surface area contributed by atoms with Crippen molar-refractivity contribution in [2.45, 2.75) is 6.92 Å². The van der Waals surface area contributed by atoms with Crippen LogP contribution in [-0.2, 0) is 14.3 Å². The number of fused-ring (bicyclic) bond motifs is 1. The van der Waals surface area contributed by atoms with E-state index in [4.69, 9.17) is 9.47 Å². The van der Waals surface area contributed by atoms with E-state index >= 15 is 0 Å². The van der Waals surface area contributed by atoms with Crippen LogP contribution in [0.15, 0.2) is 18.2 Å². The van der Waals surface area contributed by atoms with Crippen molar-refractivity contribution in [3.05, 3.63) is 18.2 Å². The second kappa shape index (κ2) is 4.24. The summed E-state index contributed by atoms with van der Waals surface area (Å²) in [7, 11) is 0. The van der Waals surface area contributed by atoms with Gasteiger partial charge in [0.05, 0.1) is 24.3 Å². The van der Waals surface area contributed by atoms with Crippen LogP contribution in [0.2, 0.25) is 0 Å². The van der Waals surface area contributed by atoms with Crippen molar-refractivity contribution in [2.75, 3.05) is 30.5 Å². The highest BCUT2D eigenvalue weighted by molar-refractivity contribution is 5.99. The zero-order valence-corrected chi connectivity index (χ0v) is 10.5. The van der Waals surface area contributed by atoms with Crippen LogP contribution >= 0.6 is 0 Å². The summed E-state index contributed by atoms with van der Waals surface area (Å²) in [5.74, 6) is 0.327. The number of carbonyl (C=O) groups excluding carboxylic acids is 2. The monoisotopic (exact) mass is 262 g/mol. The van der Waals surface area contributed by atoms with Crippen molar-refractivity contribution in [1.29, 1.82) is 0 Å². The van der Waals surface area contributed by atoms with Gasteiger partial charge in [0.2, 0.25) is 5.91 Å². The van der Waals surface area contributed by atoms with Crippen LogP contribution in [0.3, 0.4) is 0 Å². The molecule has 100 valence electrons. The lowest BCUT2D eigenvalue weighted by molar-refractivity contribution is -0.151. The maximum atomic E-state index is 12.0. The fourth-order valence-electron chi connectivity index (χ4n) is 1.98. The van der Waals surface area contributed by atoms with E-state index in [0.717, 1.165) is 0 Å². The molecule has 6 heteroatoms. The molecule has 2 heterocycles. The topological polar surface area (TPSA) is 76.7 Å². The van der Waals surface area contributed by atoms with Crippen LogP contribution < -0.4 is 15.4 Å². The quantitative estimate of drug-likeness (QED) is 0.833. The third-order valence-electron chi connectivity index (χ3n) is 3.26. The fourth-order valence-corrected chi connectivity index (χ4v) is 1.98. The number of ether oxygens (including phenoxy) is 2. The van der Waals surface area contributed by atoms with Crippen molar-refractivity contribution >= 4 is 23.2 Å². The molecule has 2 N–H and O–H groups in total. The lowest BCUT2D eigenvalue weighted by Gasteiger charge is -2.36. The number of amides is 2. The van der Waals surface area contributed by atoms with E-state index in [9.17, 15) is 9.59 Å². The normalized spacial score (nSPS) is 19.5. The van der Waals surface area contributed by atoms with E-state index in [1.54, 1.807) is 18.2 Å². The summed E-state index contributed by atoms with van der Waals surface area (Å²) in [6, 6.07) is 5.16. The summed E-state index contributed by atoms with van der Waals surface area (Å²) >= 11 is 0. The van der Waals surface area contributed by atoms with E-state index in [1.165, 1.54) is 0 Å². The van der Waals surface area contributed by atoms with Crippen LogP contribution in [0.25, 0.3) is 0 Å². The Balaban J connectivity index is 1.77. The summed E-state index contributed by atoms with van der Waals surface area (Å²) in [6.45, 7) is 2.75. The first-order valence-electron chi connectivity index (χ1n) is 6.03. The first-order valence-corrected chi connectivity index (χ1v) is 6.03. The minimum atomic E-state index is -0.463. The molecular formula is C13H14N2O4. The number of nitrogens with one attached hydrogen (secondary N) is 2. The largest absolute Gasteiger partial charge is 0.482 e. The minimum Gasteiger partial charge on any atom is -0.482 e. The molecule has 2 aliphatic rings. The van der Waals surface area contributed by atoms with Gasteiger partial charge >= 0.3 is 0 Å². The van der Waals surface area contributed by atoms with Crippen molar-refractivity contribution < 1.29 is 19.1 Å². The summed E-state index contributed by atoms with van der Waals surface area (Å²) in [5, 5.41) is 5.52. The molecule has 0 unspecified atom stereocenters. The molecule has 1 fully saturated rings. The second-order valence-corrected chi connectivity index (χ2v) is 5.06. The van der Waals surface area contributed by atoms with Gasteiger partial charge in [0.15, 0.2) is 6.61 Å². The Morgan fingerprint density at radius 3 is 2.89 bits per heavy atom. The molecule has 0 radical (unpaired) electrons. The molecule has 3 rings (SSSR count). The van der Waals surface area contributed by atoms with Crippen molar-refractivity contribution in [3.63, 3.8) is 0 Å². The lowest BCUT2D eigenvalue weighted by atomic mass is 9.87. The molecule has 0 bridgehead atoms. The maximum Gasteiger partial charge on any atom is 0.262 e. The van der Waals surface area contributed by atoms with E-state index in [1.807, 2.05) is 6.92 Å². The molecule has 2 aliphatic heterocycles. The predicted octanol–water partition coefficient (Wildman–Crippen LogP) is 0.992. The number of rotatable bonds is 2. The molecule has 2 amide bonds. The van der Waals surface area contributed by atoms with E-state index in [0.29, 0.717) is 30.3 Å². The number of hydrogen-bond acceptors (Lipinski definition) is 4. The van der Waals surface area contributed by atoms with Crippen LogP contribution in [0, 0.1) is 5.41 Å². The van der Waals surface area contributed by atoms with Gasteiger partial charge in [-0.25, -0.2) is 0 Å². The van der Waals surface area contributed by atoms with Crippen molar-refractivity contribution in [2.24, 2.45) is 5.41 Å². The highest BCUT2D eigenvalue weighted by atomic mass is 16.5. The number of hydrogen-bond donors (Lipinski definition) is 2. The first kappa shape index (κ1) is 12.0. The summed E-state index contributed by atoms with van der Waals surface area (Å²) in [5.41, 5.74) is 0.738. The standard InChI is InChI=1S/C13H14N2O4/c1-13(6-18-7-13)12(17)14-8-2-3-10-9(4-8)15-11(16)5-19-10/h2-4H,5-7H2,1H3,(H,14,17)(H,15,16). The van der Waals surface area contributed by atoms with Gasteiger partial charge in [0.1, 0.15) is 5.75 Å². The minimum absolute atomic E-state index is 0.0219. The zero-order valence-electron chi connectivity index (χ0n) is 10.5. The lowest BCUT2D eigenvalue weighted by Crippen LogP contribution is -2.49. The Kier molecular flexibility index (Phi) is 2.67.